The largest absolute Gasteiger partial charge is 0.493 e. The molecule has 0 radical (unpaired) electrons. The Morgan fingerprint density at radius 2 is 2.17 bits per heavy atom. The van der Waals surface area contributed by atoms with E-state index in [0.717, 1.165) is 25.0 Å². The highest BCUT2D eigenvalue weighted by Crippen LogP contribution is 2.19. The average molecular weight is 377 g/mol. The van der Waals surface area contributed by atoms with Crippen LogP contribution in [0.5, 0.6) is 5.75 Å². The Morgan fingerprint density at radius 1 is 1.46 bits per heavy atom. The summed E-state index contributed by atoms with van der Waals surface area (Å²) in [7, 11) is 1.79. The lowest BCUT2D eigenvalue weighted by atomic mass is 9.91. The van der Waals surface area contributed by atoms with E-state index in [2.05, 4.69) is 0 Å². The maximum atomic E-state index is 12.4. The van der Waals surface area contributed by atoms with E-state index < -0.39 is 6.04 Å². The van der Waals surface area contributed by atoms with Gasteiger partial charge in [0.05, 0.1) is 12.6 Å². The van der Waals surface area contributed by atoms with Gasteiger partial charge in [0.1, 0.15) is 5.75 Å². The molecule has 1 heterocycles. The second-order valence-corrected chi connectivity index (χ2v) is 6.33. The number of hydrogen-bond acceptors (Lipinski definition) is 4. The molecule has 1 aliphatic heterocycles. The minimum Gasteiger partial charge on any atom is -0.493 e. The number of hydrogen-bond donors (Lipinski definition) is 1. The summed E-state index contributed by atoms with van der Waals surface area (Å²) in [4.78, 5) is 14.0. The molecule has 2 N–H and O–H groups in total. The molecule has 1 unspecified atom stereocenters. The molecule has 2 rings (SSSR count). The number of carbonyl (C=O) groups is 1. The molecule has 5 nitrogen and oxygen atoms in total. The van der Waals surface area contributed by atoms with Crippen LogP contribution < -0.4 is 10.5 Å². The Bertz CT molecular complexity index is 510. The fraction of sp³-hybridized carbons (Fsp3) is 0.588. The van der Waals surface area contributed by atoms with Crippen molar-refractivity contribution in [2.45, 2.75) is 25.3 Å². The van der Waals surface area contributed by atoms with Crippen LogP contribution in [0, 0.1) is 5.92 Å². The summed E-state index contributed by atoms with van der Waals surface area (Å²) in [6.45, 7) is 2.55. The lowest BCUT2D eigenvalue weighted by Gasteiger charge is -2.29. The standard InChI is InChI=1S/C17H25ClN2O3.ClH/c1-20(17(21)16(19)13-6-10-22-11-7-13)8-3-9-23-15-5-2-4-14(18)12-15;/h2,4-5,12-13,16H,3,6-11,19H2,1H3;1H. The summed E-state index contributed by atoms with van der Waals surface area (Å²) in [6, 6.07) is 6.86. The number of rotatable bonds is 7. The number of amides is 1. The highest BCUT2D eigenvalue weighted by atomic mass is 35.5. The second kappa shape index (κ2) is 10.8. The molecule has 1 atom stereocenters. The Labute approximate surface area is 154 Å². The zero-order chi connectivity index (χ0) is 16.7. The van der Waals surface area contributed by atoms with Gasteiger partial charge in [-0.05, 0) is 43.4 Å². The first-order valence-corrected chi connectivity index (χ1v) is 8.42. The van der Waals surface area contributed by atoms with Gasteiger partial charge >= 0.3 is 0 Å². The number of nitrogens with zero attached hydrogens (tertiary/aromatic N) is 1. The maximum absolute atomic E-state index is 12.4. The van der Waals surface area contributed by atoms with Crippen LogP contribution in [-0.4, -0.2) is 50.3 Å². The highest BCUT2D eigenvalue weighted by Gasteiger charge is 2.28. The van der Waals surface area contributed by atoms with E-state index in [1.54, 1.807) is 24.1 Å². The van der Waals surface area contributed by atoms with Crippen LogP contribution in [0.3, 0.4) is 0 Å². The van der Waals surface area contributed by atoms with Crippen LogP contribution in [-0.2, 0) is 9.53 Å². The van der Waals surface area contributed by atoms with Gasteiger partial charge in [0.25, 0.3) is 0 Å². The van der Waals surface area contributed by atoms with Gasteiger partial charge in [-0.3, -0.25) is 4.79 Å². The first-order chi connectivity index (χ1) is 11.1. The number of carbonyl (C=O) groups excluding carboxylic acids is 1. The molecule has 0 bridgehead atoms. The smallest absolute Gasteiger partial charge is 0.239 e. The topological polar surface area (TPSA) is 64.8 Å². The van der Waals surface area contributed by atoms with Crippen LogP contribution in [0.4, 0.5) is 0 Å². The van der Waals surface area contributed by atoms with Crippen molar-refractivity contribution in [1.82, 2.24) is 4.90 Å². The summed E-state index contributed by atoms with van der Waals surface area (Å²) >= 11 is 5.90. The van der Waals surface area contributed by atoms with Crippen molar-refractivity contribution in [2.24, 2.45) is 11.7 Å². The van der Waals surface area contributed by atoms with Crippen LogP contribution in [0.15, 0.2) is 24.3 Å². The van der Waals surface area contributed by atoms with Crippen molar-refractivity contribution in [1.29, 1.82) is 0 Å². The number of likely N-dealkylation sites (N-methyl/N-ethyl adjacent to an activating group) is 1. The van der Waals surface area contributed by atoms with Crippen molar-refractivity contribution in [3.05, 3.63) is 29.3 Å². The van der Waals surface area contributed by atoms with Gasteiger partial charge in [-0.25, -0.2) is 0 Å². The molecule has 1 saturated heterocycles. The highest BCUT2D eigenvalue weighted by molar-refractivity contribution is 6.30. The first kappa shape index (κ1) is 21.0. The molecule has 1 fully saturated rings. The number of halogens is 2. The van der Waals surface area contributed by atoms with Gasteiger partial charge in [-0.1, -0.05) is 17.7 Å². The predicted molar refractivity (Wildman–Crippen MR) is 98.0 cm³/mol. The van der Waals surface area contributed by atoms with E-state index in [-0.39, 0.29) is 24.2 Å². The van der Waals surface area contributed by atoms with Crippen LogP contribution >= 0.6 is 24.0 Å². The van der Waals surface area contributed by atoms with E-state index >= 15 is 0 Å². The number of benzene rings is 1. The van der Waals surface area contributed by atoms with Crippen LogP contribution in [0.1, 0.15) is 19.3 Å². The SMILES string of the molecule is CN(CCCOc1cccc(Cl)c1)C(=O)C(N)C1CCOCC1.Cl. The summed E-state index contributed by atoms with van der Waals surface area (Å²) in [5, 5.41) is 0.650. The molecule has 1 aromatic carbocycles. The second-order valence-electron chi connectivity index (χ2n) is 5.89. The Morgan fingerprint density at radius 3 is 2.83 bits per heavy atom. The molecule has 0 aromatic heterocycles. The molecule has 1 aromatic rings. The minimum atomic E-state index is -0.433. The van der Waals surface area contributed by atoms with E-state index in [0.29, 0.717) is 31.4 Å². The van der Waals surface area contributed by atoms with E-state index in [4.69, 9.17) is 26.8 Å². The monoisotopic (exact) mass is 376 g/mol. The Kier molecular flexibility index (Phi) is 9.44. The molecule has 0 aliphatic carbocycles. The lowest BCUT2D eigenvalue weighted by molar-refractivity contribution is -0.133. The van der Waals surface area contributed by atoms with Crippen LogP contribution in [0.2, 0.25) is 5.02 Å². The lowest BCUT2D eigenvalue weighted by Crippen LogP contribution is -2.48. The molecule has 0 spiro atoms. The molecule has 0 saturated carbocycles. The molecule has 7 heteroatoms. The normalized spacial score (nSPS) is 16.1. The summed E-state index contributed by atoms with van der Waals surface area (Å²) in [5.74, 6) is 0.964. The number of nitrogens with two attached hydrogens (primary N) is 1. The molecular formula is C17H26Cl2N2O3. The molecule has 1 amide bonds. The van der Waals surface area contributed by atoms with Gasteiger partial charge in [0, 0.05) is 31.8 Å². The maximum Gasteiger partial charge on any atom is 0.239 e. The van der Waals surface area contributed by atoms with E-state index in [1.165, 1.54) is 0 Å². The molecule has 136 valence electrons. The molecular weight excluding hydrogens is 351 g/mol. The van der Waals surface area contributed by atoms with Gasteiger partial charge in [-0.2, -0.15) is 0 Å². The fourth-order valence-electron chi connectivity index (χ4n) is 2.69. The third-order valence-electron chi connectivity index (χ3n) is 4.14. The fourth-order valence-corrected chi connectivity index (χ4v) is 2.87. The average Bonchev–Trinajstić information content (AvgIpc) is 2.58. The zero-order valence-corrected chi connectivity index (χ0v) is 15.5. The Hall–Kier alpha value is -1.01. The summed E-state index contributed by atoms with van der Waals surface area (Å²) in [6.07, 6.45) is 2.46. The Balaban J connectivity index is 0.00000288. The third kappa shape index (κ3) is 6.48. The molecule has 24 heavy (non-hydrogen) atoms. The van der Waals surface area contributed by atoms with E-state index in [9.17, 15) is 4.79 Å². The van der Waals surface area contributed by atoms with Crippen molar-refractivity contribution in [3.8, 4) is 5.75 Å². The van der Waals surface area contributed by atoms with E-state index in [1.807, 2.05) is 12.1 Å². The van der Waals surface area contributed by atoms with Crippen molar-refractivity contribution in [2.75, 3.05) is 33.4 Å². The number of ether oxygens (including phenoxy) is 2. The van der Waals surface area contributed by atoms with Crippen molar-refractivity contribution >= 4 is 29.9 Å². The third-order valence-corrected chi connectivity index (χ3v) is 4.37. The van der Waals surface area contributed by atoms with Gasteiger partial charge in [0.15, 0.2) is 0 Å². The van der Waals surface area contributed by atoms with Crippen LogP contribution in [0.25, 0.3) is 0 Å². The predicted octanol–water partition coefficient (Wildman–Crippen LogP) is 2.74. The van der Waals surface area contributed by atoms with Gasteiger partial charge < -0.3 is 20.1 Å². The molecule has 1 aliphatic rings. The van der Waals surface area contributed by atoms with Crippen molar-refractivity contribution < 1.29 is 14.3 Å². The first-order valence-electron chi connectivity index (χ1n) is 8.04. The zero-order valence-electron chi connectivity index (χ0n) is 13.9. The van der Waals surface area contributed by atoms with Gasteiger partial charge in [-0.15, -0.1) is 12.4 Å². The minimum absolute atomic E-state index is 0. The van der Waals surface area contributed by atoms with Gasteiger partial charge in [0.2, 0.25) is 5.91 Å². The quantitative estimate of drug-likeness (QED) is 0.743. The summed E-state index contributed by atoms with van der Waals surface area (Å²) in [5.41, 5.74) is 6.11. The van der Waals surface area contributed by atoms with Crippen molar-refractivity contribution in [3.63, 3.8) is 0 Å². The summed E-state index contributed by atoms with van der Waals surface area (Å²) < 4.78 is 10.9.